The van der Waals surface area contributed by atoms with E-state index < -0.39 is 0 Å². The molecule has 27 heavy (non-hydrogen) atoms. The van der Waals surface area contributed by atoms with Crippen LogP contribution in [0.5, 0.6) is 0 Å². The van der Waals surface area contributed by atoms with Crippen LogP contribution in [0.2, 0.25) is 0 Å². The Morgan fingerprint density at radius 1 is 1.15 bits per heavy atom. The summed E-state index contributed by atoms with van der Waals surface area (Å²) in [6.07, 6.45) is 1.10. The highest BCUT2D eigenvalue weighted by molar-refractivity contribution is 14.0. The molecule has 1 aliphatic rings. The number of hydrogen-bond donors (Lipinski definition) is 1. The summed E-state index contributed by atoms with van der Waals surface area (Å²) < 4.78 is 18.9. The fourth-order valence-corrected chi connectivity index (χ4v) is 3.19. The van der Waals surface area contributed by atoms with Gasteiger partial charge in [-0.3, -0.25) is 4.99 Å². The molecule has 1 saturated heterocycles. The number of guanidine groups is 1. The molecular formula is C21H27FIN3O. The molecule has 1 fully saturated rings. The fraction of sp³-hybridized carbons (Fsp3) is 0.381. The first-order chi connectivity index (χ1) is 12.7. The molecule has 1 aliphatic heterocycles. The Morgan fingerprint density at radius 3 is 2.59 bits per heavy atom. The van der Waals surface area contributed by atoms with Crippen molar-refractivity contribution in [3.05, 3.63) is 71.5 Å². The van der Waals surface area contributed by atoms with Crippen molar-refractivity contribution < 1.29 is 9.13 Å². The van der Waals surface area contributed by atoms with E-state index in [-0.39, 0.29) is 29.8 Å². The maximum absolute atomic E-state index is 13.0. The van der Waals surface area contributed by atoms with Crippen molar-refractivity contribution in [2.45, 2.75) is 19.6 Å². The summed E-state index contributed by atoms with van der Waals surface area (Å²) >= 11 is 0. The number of rotatable bonds is 6. The minimum atomic E-state index is -0.212. The Balaban J connectivity index is 0.00000261. The number of benzene rings is 2. The third-order valence-electron chi connectivity index (χ3n) is 4.63. The molecule has 0 saturated carbocycles. The molecule has 146 valence electrons. The van der Waals surface area contributed by atoms with Crippen LogP contribution in [0.1, 0.15) is 17.5 Å². The zero-order valence-corrected chi connectivity index (χ0v) is 17.9. The first-order valence-corrected chi connectivity index (χ1v) is 9.06. The number of likely N-dealkylation sites (tertiary alicyclic amines) is 1. The average molecular weight is 483 g/mol. The van der Waals surface area contributed by atoms with Crippen LogP contribution in [0.3, 0.4) is 0 Å². The summed E-state index contributed by atoms with van der Waals surface area (Å²) in [5.41, 5.74) is 2.24. The number of aliphatic imine (C=N–C) groups is 1. The lowest BCUT2D eigenvalue weighted by atomic mass is 10.1. The third-order valence-corrected chi connectivity index (χ3v) is 4.63. The molecule has 0 aliphatic carbocycles. The monoisotopic (exact) mass is 483 g/mol. The third kappa shape index (κ3) is 6.77. The largest absolute Gasteiger partial charge is 0.376 e. The molecular weight excluding hydrogens is 456 g/mol. The second kappa shape index (κ2) is 11.2. The van der Waals surface area contributed by atoms with E-state index in [2.05, 4.69) is 27.3 Å². The number of nitrogens with one attached hydrogen (secondary N) is 1. The lowest BCUT2D eigenvalue weighted by Gasteiger charge is -2.22. The van der Waals surface area contributed by atoms with Gasteiger partial charge in [0.1, 0.15) is 5.82 Å². The molecule has 0 radical (unpaired) electrons. The maximum atomic E-state index is 13.0. The van der Waals surface area contributed by atoms with Gasteiger partial charge < -0.3 is 15.0 Å². The van der Waals surface area contributed by atoms with E-state index in [1.54, 1.807) is 19.2 Å². The summed E-state index contributed by atoms with van der Waals surface area (Å²) in [6, 6.07) is 16.8. The Kier molecular flexibility index (Phi) is 9.00. The first-order valence-electron chi connectivity index (χ1n) is 9.06. The van der Waals surface area contributed by atoms with E-state index in [1.165, 1.54) is 17.7 Å². The molecule has 6 heteroatoms. The predicted octanol–water partition coefficient (Wildman–Crippen LogP) is 4.06. The van der Waals surface area contributed by atoms with Crippen LogP contribution in [-0.2, 0) is 17.9 Å². The van der Waals surface area contributed by atoms with E-state index in [1.807, 2.05) is 18.2 Å². The van der Waals surface area contributed by atoms with Crippen molar-refractivity contribution in [3.63, 3.8) is 0 Å². The Morgan fingerprint density at radius 2 is 1.89 bits per heavy atom. The van der Waals surface area contributed by atoms with Gasteiger partial charge in [0.2, 0.25) is 0 Å². The SMILES string of the molecule is CN=C(NCc1ccc(F)cc1)N1CCC(COCc2ccccc2)C1.I. The molecule has 1 atom stereocenters. The van der Waals surface area contributed by atoms with Gasteiger partial charge in [0, 0.05) is 32.6 Å². The Hall–Kier alpha value is -1.67. The molecule has 2 aromatic rings. The van der Waals surface area contributed by atoms with E-state index in [0.29, 0.717) is 19.1 Å². The van der Waals surface area contributed by atoms with E-state index in [0.717, 1.165) is 37.6 Å². The smallest absolute Gasteiger partial charge is 0.193 e. The van der Waals surface area contributed by atoms with Gasteiger partial charge in [-0.1, -0.05) is 42.5 Å². The van der Waals surface area contributed by atoms with Crippen molar-refractivity contribution in [2.24, 2.45) is 10.9 Å². The molecule has 1 unspecified atom stereocenters. The summed E-state index contributed by atoms with van der Waals surface area (Å²) in [6.45, 7) is 3.98. The average Bonchev–Trinajstić information content (AvgIpc) is 3.13. The predicted molar refractivity (Wildman–Crippen MR) is 118 cm³/mol. The van der Waals surface area contributed by atoms with Crippen LogP contribution in [0.15, 0.2) is 59.6 Å². The van der Waals surface area contributed by atoms with Gasteiger partial charge in [-0.05, 0) is 29.7 Å². The second-order valence-electron chi connectivity index (χ2n) is 6.63. The van der Waals surface area contributed by atoms with Crippen LogP contribution >= 0.6 is 24.0 Å². The van der Waals surface area contributed by atoms with Crippen molar-refractivity contribution in [1.82, 2.24) is 10.2 Å². The highest BCUT2D eigenvalue weighted by Crippen LogP contribution is 2.17. The van der Waals surface area contributed by atoms with Gasteiger partial charge in [0.05, 0.1) is 13.2 Å². The van der Waals surface area contributed by atoms with Crippen molar-refractivity contribution in [2.75, 3.05) is 26.7 Å². The van der Waals surface area contributed by atoms with Gasteiger partial charge in [-0.15, -0.1) is 24.0 Å². The Labute approximate surface area is 177 Å². The molecule has 0 amide bonds. The van der Waals surface area contributed by atoms with Crippen molar-refractivity contribution >= 4 is 29.9 Å². The summed E-state index contributed by atoms with van der Waals surface area (Å²) in [7, 11) is 1.80. The molecule has 0 spiro atoms. The van der Waals surface area contributed by atoms with Crippen molar-refractivity contribution in [1.29, 1.82) is 0 Å². The lowest BCUT2D eigenvalue weighted by Crippen LogP contribution is -2.39. The molecule has 0 aromatic heterocycles. The molecule has 1 N–H and O–H groups in total. The highest BCUT2D eigenvalue weighted by Gasteiger charge is 2.24. The van der Waals surface area contributed by atoms with Crippen LogP contribution in [0.4, 0.5) is 4.39 Å². The number of hydrogen-bond acceptors (Lipinski definition) is 2. The zero-order chi connectivity index (χ0) is 18.2. The second-order valence-corrected chi connectivity index (χ2v) is 6.63. The van der Waals surface area contributed by atoms with Gasteiger partial charge in [0.15, 0.2) is 5.96 Å². The normalized spacial score (nSPS) is 16.9. The van der Waals surface area contributed by atoms with Crippen LogP contribution in [0, 0.1) is 11.7 Å². The van der Waals surface area contributed by atoms with E-state index >= 15 is 0 Å². The maximum Gasteiger partial charge on any atom is 0.193 e. The van der Waals surface area contributed by atoms with Crippen LogP contribution in [-0.4, -0.2) is 37.6 Å². The highest BCUT2D eigenvalue weighted by atomic mass is 127. The molecule has 0 bridgehead atoms. The number of nitrogens with zero attached hydrogens (tertiary/aromatic N) is 2. The van der Waals surface area contributed by atoms with Gasteiger partial charge in [0.25, 0.3) is 0 Å². The Bertz CT molecular complexity index is 709. The minimum Gasteiger partial charge on any atom is -0.376 e. The molecule has 2 aromatic carbocycles. The zero-order valence-electron chi connectivity index (χ0n) is 15.6. The fourth-order valence-electron chi connectivity index (χ4n) is 3.19. The van der Waals surface area contributed by atoms with Gasteiger partial charge in [-0.25, -0.2) is 4.39 Å². The molecule has 3 rings (SSSR count). The van der Waals surface area contributed by atoms with Crippen molar-refractivity contribution in [3.8, 4) is 0 Å². The standard InChI is InChI=1S/C21H26FN3O.HI/c1-23-21(24-13-17-7-9-20(22)10-8-17)25-12-11-19(14-25)16-26-15-18-5-3-2-4-6-18;/h2-10,19H,11-16H2,1H3,(H,23,24);1H. The summed E-state index contributed by atoms with van der Waals surface area (Å²) in [5, 5.41) is 3.36. The van der Waals surface area contributed by atoms with E-state index in [4.69, 9.17) is 4.74 Å². The summed E-state index contributed by atoms with van der Waals surface area (Å²) in [4.78, 5) is 6.65. The quantitative estimate of drug-likeness (QED) is 0.383. The van der Waals surface area contributed by atoms with Gasteiger partial charge >= 0.3 is 0 Å². The topological polar surface area (TPSA) is 36.9 Å². The first kappa shape index (κ1) is 21.6. The van der Waals surface area contributed by atoms with Gasteiger partial charge in [-0.2, -0.15) is 0 Å². The summed E-state index contributed by atoms with van der Waals surface area (Å²) in [5.74, 6) is 1.19. The lowest BCUT2D eigenvalue weighted by molar-refractivity contribution is 0.0906. The van der Waals surface area contributed by atoms with Crippen LogP contribution in [0.25, 0.3) is 0 Å². The number of ether oxygens (including phenoxy) is 1. The molecule has 1 heterocycles. The van der Waals surface area contributed by atoms with E-state index in [9.17, 15) is 4.39 Å². The molecule has 4 nitrogen and oxygen atoms in total. The number of halogens is 2. The van der Waals surface area contributed by atoms with Crippen LogP contribution < -0.4 is 5.32 Å². The minimum absolute atomic E-state index is 0.